The van der Waals surface area contributed by atoms with Gasteiger partial charge in [0.2, 0.25) is 5.28 Å². The Labute approximate surface area is 118 Å². The maximum atomic E-state index is 12.1. The monoisotopic (exact) mass is 289 g/mol. The van der Waals surface area contributed by atoms with Gasteiger partial charge in [-0.2, -0.15) is 0 Å². The Morgan fingerprint density at radius 1 is 1.26 bits per heavy atom. The lowest BCUT2D eigenvalue weighted by atomic mass is 10.2. The van der Waals surface area contributed by atoms with E-state index in [9.17, 15) is 4.79 Å². The van der Waals surface area contributed by atoms with Crippen molar-refractivity contribution in [2.75, 3.05) is 5.32 Å². The molecule has 0 atom stereocenters. The van der Waals surface area contributed by atoms with Crippen molar-refractivity contribution in [2.45, 2.75) is 0 Å². The van der Waals surface area contributed by atoms with Crippen LogP contribution < -0.4 is 5.32 Å². The standard InChI is InChI=1S/C13H8ClN3OS/c14-13-15-6-5-11(17-13)16-12(18)10-7-8-3-1-2-4-9(8)19-10/h1-7H,(H,15,16,17,18). The number of amides is 1. The van der Waals surface area contributed by atoms with Crippen molar-refractivity contribution in [2.24, 2.45) is 0 Å². The van der Waals surface area contributed by atoms with Crippen molar-refractivity contribution in [1.29, 1.82) is 0 Å². The molecule has 2 heterocycles. The van der Waals surface area contributed by atoms with Crippen LogP contribution in [0.1, 0.15) is 9.67 Å². The Morgan fingerprint density at radius 2 is 2.11 bits per heavy atom. The van der Waals surface area contributed by atoms with Gasteiger partial charge in [-0.3, -0.25) is 4.79 Å². The van der Waals surface area contributed by atoms with Crippen LogP contribution in [0.4, 0.5) is 5.82 Å². The molecule has 3 rings (SSSR count). The summed E-state index contributed by atoms with van der Waals surface area (Å²) in [5.74, 6) is 0.193. The summed E-state index contributed by atoms with van der Waals surface area (Å²) in [6.45, 7) is 0. The van der Waals surface area contributed by atoms with Crippen LogP contribution in [0.2, 0.25) is 5.28 Å². The molecule has 94 valence electrons. The zero-order valence-electron chi connectivity index (χ0n) is 9.63. The largest absolute Gasteiger partial charge is 0.306 e. The summed E-state index contributed by atoms with van der Waals surface area (Å²) in [6.07, 6.45) is 1.50. The van der Waals surface area contributed by atoms with Gasteiger partial charge in [-0.1, -0.05) is 18.2 Å². The highest BCUT2D eigenvalue weighted by molar-refractivity contribution is 7.20. The normalized spacial score (nSPS) is 10.6. The molecule has 0 saturated carbocycles. The lowest BCUT2D eigenvalue weighted by Gasteiger charge is -2.01. The molecular weight excluding hydrogens is 282 g/mol. The number of carbonyl (C=O) groups excluding carboxylic acids is 1. The Hall–Kier alpha value is -1.98. The van der Waals surface area contributed by atoms with E-state index >= 15 is 0 Å². The molecule has 6 heteroatoms. The van der Waals surface area contributed by atoms with Crippen molar-refractivity contribution >= 4 is 44.7 Å². The zero-order valence-corrected chi connectivity index (χ0v) is 11.2. The topological polar surface area (TPSA) is 54.9 Å². The SMILES string of the molecule is O=C(Nc1ccnc(Cl)n1)c1cc2ccccc2s1. The van der Waals surface area contributed by atoms with Gasteiger partial charge in [0.15, 0.2) is 0 Å². The second-order valence-electron chi connectivity index (χ2n) is 3.81. The lowest BCUT2D eigenvalue weighted by molar-refractivity contribution is 0.103. The molecule has 0 saturated heterocycles. The summed E-state index contributed by atoms with van der Waals surface area (Å²) in [4.78, 5) is 20.4. The van der Waals surface area contributed by atoms with E-state index in [1.807, 2.05) is 30.3 Å². The van der Waals surface area contributed by atoms with Crippen LogP contribution in [-0.2, 0) is 0 Å². The number of carbonyl (C=O) groups is 1. The van der Waals surface area contributed by atoms with Crippen LogP contribution >= 0.6 is 22.9 Å². The number of thiophene rings is 1. The van der Waals surface area contributed by atoms with Gasteiger partial charge in [-0.25, -0.2) is 9.97 Å². The summed E-state index contributed by atoms with van der Waals surface area (Å²) in [7, 11) is 0. The fourth-order valence-corrected chi connectivity index (χ4v) is 2.78. The summed E-state index contributed by atoms with van der Waals surface area (Å²) < 4.78 is 1.08. The first-order valence-electron chi connectivity index (χ1n) is 5.51. The molecule has 0 aliphatic rings. The van der Waals surface area contributed by atoms with Crippen LogP contribution in [-0.4, -0.2) is 15.9 Å². The van der Waals surface area contributed by atoms with Gasteiger partial charge in [0, 0.05) is 10.9 Å². The van der Waals surface area contributed by atoms with Gasteiger partial charge in [0.05, 0.1) is 4.88 Å². The number of aromatic nitrogens is 2. The predicted octanol–water partition coefficient (Wildman–Crippen LogP) is 3.60. The number of nitrogens with one attached hydrogen (secondary N) is 1. The molecule has 4 nitrogen and oxygen atoms in total. The van der Waals surface area contributed by atoms with Crippen LogP contribution in [0.25, 0.3) is 10.1 Å². The average molecular weight is 290 g/mol. The van der Waals surface area contributed by atoms with E-state index in [1.54, 1.807) is 6.07 Å². The smallest absolute Gasteiger partial charge is 0.266 e. The summed E-state index contributed by atoms with van der Waals surface area (Å²) in [5.41, 5.74) is 0. The first-order valence-corrected chi connectivity index (χ1v) is 6.70. The third-order valence-electron chi connectivity index (χ3n) is 2.52. The van der Waals surface area contributed by atoms with E-state index < -0.39 is 0 Å². The molecule has 0 bridgehead atoms. The van der Waals surface area contributed by atoms with Gasteiger partial charge in [0.25, 0.3) is 5.91 Å². The Balaban J connectivity index is 1.87. The molecule has 0 unspecified atom stereocenters. The number of nitrogens with zero attached hydrogens (tertiary/aromatic N) is 2. The predicted molar refractivity (Wildman–Crippen MR) is 76.8 cm³/mol. The zero-order chi connectivity index (χ0) is 13.2. The number of hydrogen-bond acceptors (Lipinski definition) is 4. The second kappa shape index (κ2) is 4.95. The van der Waals surface area contributed by atoms with E-state index in [4.69, 9.17) is 11.6 Å². The first kappa shape index (κ1) is 12.1. The molecule has 2 aromatic heterocycles. The number of halogens is 1. The van der Waals surface area contributed by atoms with Gasteiger partial charge in [-0.15, -0.1) is 11.3 Å². The minimum atomic E-state index is -0.198. The lowest BCUT2D eigenvalue weighted by Crippen LogP contribution is -2.11. The van der Waals surface area contributed by atoms with Gasteiger partial charge < -0.3 is 5.32 Å². The van der Waals surface area contributed by atoms with E-state index in [0.717, 1.165) is 10.1 Å². The van der Waals surface area contributed by atoms with Crippen molar-refractivity contribution in [1.82, 2.24) is 9.97 Å². The molecule has 1 aromatic carbocycles. The maximum absolute atomic E-state index is 12.1. The molecular formula is C13H8ClN3OS. The highest BCUT2D eigenvalue weighted by Crippen LogP contribution is 2.25. The van der Waals surface area contributed by atoms with E-state index in [2.05, 4.69) is 15.3 Å². The summed E-state index contributed by atoms with van der Waals surface area (Å²) in [6, 6.07) is 11.3. The highest BCUT2D eigenvalue weighted by Gasteiger charge is 2.11. The number of anilines is 1. The summed E-state index contributed by atoms with van der Waals surface area (Å²) in [5, 5.41) is 3.86. The number of rotatable bonds is 2. The third-order valence-corrected chi connectivity index (χ3v) is 3.81. The number of fused-ring (bicyclic) bond motifs is 1. The molecule has 0 radical (unpaired) electrons. The van der Waals surface area contributed by atoms with Crippen molar-refractivity contribution in [3.05, 3.63) is 52.8 Å². The number of benzene rings is 1. The molecule has 0 aliphatic heterocycles. The average Bonchev–Trinajstić information content (AvgIpc) is 2.82. The number of hydrogen-bond donors (Lipinski definition) is 1. The minimum Gasteiger partial charge on any atom is -0.306 e. The Bertz CT molecular complexity index is 723. The molecule has 0 spiro atoms. The van der Waals surface area contributed by atoms with Crippen LogP contribution in [0.3, 0.4) is 0 Å². The molecule has 0 fully saturated rings. The highest BCUT2D eigenvalue weighted by atomic mass is 35.5. The summed E-state index contributed by atoms with van der Waals surface area (Å²) >= 11 is 7.11. The first-order chi connectivity index (χ1) is 9.22. The van der Waals surface area contributed by atoms with E-state index in [1.165, 1.54) is 17.5 Å². The minimum absolute atomic E-state index is 0.106. The van der Waals surface area contributed by atoms with Crippen LogP contribution in [0, 0.1) is 0 Å². The van der Waals surface area contributed by atoms with Crippen molar-refractivity contribution < 1.29 is 4.79 Å². The van der Waals surface area contributed by atoms with Gasteiger partial charge in [-0.05, 0) is 35.2 Å². The molecule has 1 N–H and O–H groups in total. The fourth-order valence-electron chi connectivity index (χ4n) is 1.68. The molecule has 0 aliphatic carbocycles. The third kappa shape index (κ3) is 2.57. The Morgan fingerprint density at radius 3 is 2.89 bits per heavy atom. The van der Waals surface area contributed by atoms with Gasteiger partial charge in [0.1, 0.15) is 5.82 Å². The molecule has 1 amide bonds. The van der Waals surface area contributed by atoms with Crippen LogP contribution in [0.15, 0.2) is 42.6 Å². The maximum Gasteiger partial charge on any atom is 0.266 e. The van der Waals surface area contributed by atoms with E-state index in [0.29, 0.717) is 10.7 Å². The van der Waals surface area contributed by atoms with Crippen molar-refractivity contribution in [3.63, 3.8) is 0 Å². The van der Waals surface area contributed by atoms with Gasteiger partial charge >= 0.3 is 0 Å². The second-order valence-corrected chi connectivity index (χ2v) is 5.24. The molecule has 19 heavy (non-hydrogen) atoms. The molecule has 3 aromatic rings. The van der Waals surface area contributed by atoms with Crippen molar-refractivity contribution in [3.8, 4) is 0 Å². The quantitative estimate of drug-likeness (QED) is 0.733. The Kier molecular flexibility index (Phi) is 3.15. The van der Waals surface area contributed by atoms with E-state index in [-0.39, 0.29) is 11.2 Å². The van der Waals surface area contributed by atoms with Crippen LogP contribution in [0.5, 0.6) is 0 Å². The fraction of sp³-hybridized carbons (Fsp3) is 0.